The van der Waals surface area contributed by atoms with E-state index in [2.05, 4.69) is 13.0 Å². The second kappa shape index (κ2) is 5.00. The molecule has 1 aliphatic rings. The number of hydrogen-bond acceptors (Lipinski definition) is 1. The Morgan fingerprint density at radius 2 is 2.36 bits per heavy atom. The van der Waals surface area contributed by atoms with Crippen LogP contribution in [0.5, 0.6) is 0 Å². The third-order valence-electron chi connectivity index (χ3n) is 1.82. The van der Waals surface area contributed by atoms with Crippen molar-refractivity contribution >= 4 is 0 Å². The molecule has 0 spiro atoms. The van der Waals surface area contributed by atoms with E-state index in [1.165, 1.54) is 19.3 Å². The van der Waals surface area contributed by atoms with Crippen molar-refractivity contribution in [2.24, 2.45) is 0 Å². The maximum Gasteiger partial charge on any atom is 0.0995 e. The van der Waals surface area contributed by atoms with E-state index in [1.54, 1.807) is 6.26 Å². The third kappa shape index (κ3) is 3.26. The molecule has 0 aliphatic carbocycles. The maximum absolute atomic E-state index is 5.31. The van der Waals surface area contributed by atoms with Crippen LogP contribution in [-0.4, -0.2) is 0 Å². The van der Waals surface area contributed by atoms with Crippen LogP contribution in [0, 0.1) is 0 Å². The van der Waals surface area contributed by atoms with Crippen molar-refractivity contribution in [1.82, 2.24) is 0 Å². The van der Waals surface area contributed by atoms with Gasteiger partial charge in [0.1, 0.15) is 0 Å². The molecule has 0 aromatic heterocycles. The van der Waals surface area contributed by atoms with Crippen molar-refractivity contribution in [2.45, 2.75) is 39.0 Å². The summed E-state index contributed by atoms with van der Waals surface area (Å²) in [4.78, 5) is 0. The maximum atomic E-state index is 5.31. The average Bonchev–Trinajstić information content (AvgIpc) is 2.07. The zero-order valence-corrected chi connectivity index (χ0v) is 7.18. The lowest BCUT2D eigenvalue weighted by atomic mass is 10.1. The molecule has 0 radical (unpaired) electrons. The standard InChI is InChI=1S/C10H16O/c1-2-3-4-7-10-8-5-6-9-11-10/h6,8-9H,2-5,7H2,1H3. The summed E-state index contributed by atoms with van der Waals surface area (Å²) in [6.45, 7) is 2.22. The average molecular weight is 152 g/mol. The lowest BCUT2D eigenvalue weighted by Gasteiger charge is -2.08. The van der Waals surface area contributed by atoms with Gasteiger partial charge in [0.2, 0.25) is 0 Å². The summed E-state index contributed by atoms with van der Waals surface area (Å²) in [7, 11) is 0. The van der Waals surface area contributed by atoms with E-state index in [-0.39, 0.29) is 0 Å². The Morgan fingerprint density at radius 1 is 1.45 bits per heavy atom. The molecule has 1 rings (SSSR count). The summed E-state index contributed by atoms with van der Waals surface area (Å²) in [5, 5.41) is 0. The summed E-state index contributed by atoms with van der Waals surface area (Å²) in [6.07, 6.45) is 12.0. The molecule has 0 amide bonds. The fourth-order valence-corrected chi connectivity index (χ4v) is 1.15. The molecule has 0 bridgehead atoms. The van der Waals surface area contributed by atoms with Gasteiger partial charge in [-0.15, -0.1) is 0 Å². The summed E-state index contributed by atoms with van der Waals surface area (Å²) in [5.41, 5.74) is 0. The Hall–Kier alpha value is -0.720. The lowest BCUT2D eigenvalue weighted by Crippen LogP contribution is -1.90. The van der Waals surface area contributed by atoms with Gasteiger partial charge in [0.15, 0.2) is 0 Å². The lowest BCUT2D eigenvalue weighted by molar-refractivity contribution is 0.320. The largest absolute Gasteiger partial charge is 0.470 e. The molecule has 0 aromatic rings. The Kier molecular flexibility index (Phi) is 3.81. The van der Waals surface area contributed by atoms with Crippen molar-refractivity contribution < 1.29 is 4.74 Å². The van der Waals surface area contributed by atoms with E-state index in [4.69, 9.17) is 4.74 Å². The van der Waals surface area contributed by atoms with Crippen LogP contribution in [0.2, 0.25) is 0 Å². The van der Waals surface area contributed by atoms with E-state index in [0.717, 1.165) is 18.6 Å². The second-order valence-corrected chi connectivity index (χ2v) is 2.85. The molecule has 1 aliphatic heterocycles. The van der Waals surface area contributed by atoms with Gasteiger partial charge in [0.25, 0.3) is 0 Å². The van der Waals surface area contributed by atoms with Crippen molar-refractivity contribution in [3.63, 3.8) is 0 Å². The number of allylic oxidation sites excluding steroid dienone is 3. The first kappa shape index (κ1) is 8.38. The molecule has 0 atom stereocenters. The first-order valence-electron chi connectivity index (χ1n) is 4.44. The van der Waals surface area contributed by atoms with Crippen molar-refractivity contribution in [3.05, 3.63) is 24.2 Å². The van der Waals surface area contributed by atoms with Crippen LogP contribution in [0.3, 0.4) is 0 Å². The van der Waals surface area contributed by atoms with Gasteiger partial charge in [-0.2, -0.15) is 0 Å². The number of hydrogen-bond donors (Lipinski definition) is 0. The highest BCUT2D eigenvalue weighted by Gasteiger charge is 1.98. The van der Waals surface area contributed by atoms with Gasteiger partial charge in [-0.25, -0.2) is 0 Å². The zero-order valence-electron chi connectivity index (χ0n) is 7.18. The fraction of sp³-hybridized carbons (Fsp3) is 0.600. The Bertz CT molecular complexity index is 156. The number of ether oxygens (including phenoxy) is 1. The highest BCUT2D eigenvalue weighted by atomic mass is 16.5. The van der Waals surface area contributed by atoms with Gasteiger partial charge in [-0.05, 0) is 25.0 Å². The van der Waals surface area contributed by atoms with Crippen LogP contribution >= 0.6 is 0 Å². The van der Waals surface area contributed by atoms with Gasteiger partial charge in [-0.3, -0.25) is 0 Å². The van der Waals surface area contributed by atoms with Gasteiger partial charge in [0, 0.05) is 6.42 Å². The SMILES string of the molecule is CCCCCC1=CCC=CO1. The van der Waals surface area contributed by atoms with E-state index >= 15 is 0 Å². The molecule has 0 saturated carbocycles. The van der Waals surface area contributed by atoms with E-state index in [0.29, 0.717) is 0 Å². The highest BCUT2D eigenvalue weighted by molar-refractivity contribution is 5.03. The number of rotatable bonds is 4. The quantitative estimate of drug-likeness (QED) is 0.561. The topological polar surface area (TPSA) is 9.23 Å². The van der Waals surface area contributed by atoms with Gasteiger partial charge in [0.05, 0.1) is 12.0 Å². The predicted molar refractivity (Wildman–Crippen MR) is 47.1 cm³/mol. The van der Waals surface area contributed by atoms with E-state index < -0.39 is 0 Å². The van der Waals surface area contributed by atoms with Crippen LogP contribution in [0.25, 0.3) is 0 Å². The molecule has 0 N–H and O–H groups in total. The minimum Gasteiger partial charge on any atom is -0.470 e. The summed E-state index contributed by atoms with van der Waals surface area (Å²) < 4.78 is 5.31. The first-order valence-corrected chi connectivity index (χ1v) is 4.44. The minimum atomic E-state index is 1.04. The molecule has 1 heterocycles. The molecule has 0 aromatic carbocycles. The van der Waals surface area contributed by atoms with Crippen LogP contribution in [-0.2, 0) is 4.74 Å². The van der Waals surface area contributed by atoms with Crippen molar-refractivity contribution in [3.8, 4) is 0 Å². The molecule has 11 heavy (non-hydrogen) atoms. The molecule has 62 valence electrons. The van der Waals surface area contributed by atoms with Gasteiger partial charge in [-0.1, -0.05) is 19.8 Å². The fourth-order valence-electron chi connectivity index (χ4n) is 1.15. The van der Waals surface area contributed by atoms with Crippen LogP contribution in [0.4, 0.5) is 0 Å². The summed E-state index contributed by atoms with van der Waals surface area (Å²) in [6, 6.07) is 0. The summed E-state index contributed by atoms with van der Waals surface area (Å²) in [5.74, 6) is 1.15. The van der Waals surface area contributed by atoms with Crippen molar-refractivity contribution in [2.75, 3.05) is 0 Å². The van der Waals surface area contributed by atoms with E-state index in [9.17, 15) is 0 Å². The smallest absolute Gasteiger partial charge is 0.0995 e. The zero-order chi connectivity index (χ0) is 7.94. The molecule has 0 unspecified atom stereocenters. The Balaban J connectivity index is 2.11. The molecular formula is C10H16O. The predicted octanol–water partition coefficient (Wildman–Crippen LogP) is 3.38. The third-order valence-corrected chi connectivity index (χ3v) is 1.82. The molecule has 0 fully saturated rings. The van der Waals surface area contributed by atoms with E-state index in [1.807, 2.05) is 6.08 Å². The normalized spacial score (nSPS) is 15.9. The molecule has 1 heteroatoms. The van der Waals surface area contributed by atoms with Gasteiger partial charge >= 0.3 is 0 Å². The van der Waals surface area contributed by atoms with Crippen molar-refractivity contribution in [1.29, 1.82) is 0 Å². The number of unbranched alkanes of at least 4 members (excludes halogenated alkanes) is 2. The highest BCUT2D eigenvalue weighted by Crippen LogP contribution is 2.14. The van der Waals surface area contributed by atoms with Gasteiger partial charge < -0.3 is 4.74 Å². The monoisotopic (exact) mass is 152 g/mol. The second-order valence-electron chi connectivity index (χ2n) is 2.85. The van der Waals surface area contributed by atoms with Crippen LogP contribution < -0.4 is 0 Å². The Labute approximate surface area is 68.8 Å². The summed E-state index contributed by atoms with van der Waals surface area (Å²) >= 11 is 0. The first-order chi connectivity index (χ1) is 5.43. The molecule has 1 nitrogen and oxygen atoms in total. The minimum absolute atomic E-state index is 1.04. The molecular weight excluding hydrogens is 136 g/mol. The van der Waals surface area contributed by atoms with Crippen LogP contribution in [0.1, 0.15) is 39.0 Å². The Morgan fingerprint density at radius 3 is 3.00 bits per heavy atom. The molecule has 0 saturated heterocycles. The van der Waals surface area contributed by atoms with Crippen LogP contribution in [0.15, 0.2) is 24.2 Å².